The quantitative estimate of drug-likeness (QED) is 0.736. The number of hydrogen-bond acceptors (Lipinski definition) is 3. The van der Waals surface area contributed by atoms with Crippen molar-refractivity contribution in [2.45, 2.75) is 13.8 Å². The summed E-state index contributed by atoms with van der Waals surface area (Å²) < 4.78 is 1.85. The Bertz CT molecular complexity index is 620. The van der Waals surface area contributed by atoms with Crippen LogP contribution in [0.25, 0.3) is 5.69 Å². The Labute approximate surface area is 99.1 Å². The lowest BCUT2D eigenvalue weighted by molar-refractivity contribution is 0.112. The molecule has 2 aromatic rings. The SMILES string of the molecule is Cc1ncn(-c2ccc(C=O)cc2C#N)c1C. The molecule has 0 N–H and O–H groups in total. The molecular formula is C13H11N3O. The number of benzene rings is 1. The fraction of sp³-hybridized carbons (Fsp3) is 0.154. The molecule has 0 radical (unpaired) electrons. The van der Waals surface area contributed by atoms with E-state index in [9.17, 15) is 4.79 Å². The van der Waals surface area contributed by atoms with Crippen molar-refractivity contribution in [1.82, 2.24) is 9.55 Å². The van der Waals surface area contributed by atoms with Crippen molar-refractivity contribution >= 4 is 6.29 Å². The van der Waals surface area contributed by atoms with E-state index in [0.29, 0.717) is 11.1 Å². The molecule has 1 heterocycles. The lowest BCUT2D eigenvalue weighted by Crippen LogP contribution is -1.99. The highest BCUT2D eigenvalue weighted by atomic mass is 16.1. The summed E-state index contributed by atoms with van der Waals surface area (Å²) in [6.45, 7) is 3.86. The van der Waals surface area contributed by atoms with Crippen LogP contribution in [0.5, 0.6) is 0 Å². The van der Waals surface area contributed by atoms with Gasteiger partial charge in [-0.3, -0.25) is 4.79 Å². The van der Waals surface area contributed by atoms with Gasteiger partial charge in [-0.1, -0.05) is 0 Å². The van der Waals surface area contributed by atoms with Crippen molar-refractivity contribution in [3.63, 3.8) is 0 Å². The van der Waals surface area contributed by atoms with Gasteiger partial charge in [-0.15, -0.1) is 0 Å². The Morgan fingerprint density at radius 3 is 2.71 bits per heavy atom. The second kappa shape index (κ2) is 4.22. The first-order valence-electron chi connectivity index (χ1n) is 5.17. The Morgan fingerprint density at radius 2 is 2.18 bits per heavy atom. The summed E-state index contributed by atoms with van der Waals surface area (Å²) >= 11 is 0. The molecule has 0 aliphatic heterocycles. The molecule has 0 aliphatic carbocycles. The van der Waals surface area contributed by atoms with Crippen molar-refractivity contribution < 1.29 is 4.79 Å². The summed E-state index contributed by atoms with van der Waals surface area (Å²) in [4.78, 5) is 14.9. The molecule has 0 bridgehead atoms. The van der Waals surface area contributed by atoms with Gasteiger partial charge in [0.25, 0.3) is 0 Å². The van der Waals surface area contributed by atoms with Gasteiger partial charge < -0.3 is 4.57 Å². The number of nitrogens with zero attached hydrogens (tertiary/aromatic N) is 3. The topological polar surface area (TPSA) is 58.7 Å². The summed E-state index contributed by atoms with van der Waals surface area (Å²) in [7, 11) is 0. The molecule has 0 aliphatic rings. The van der Waals surface area contributed by atoms with E-state index in [1.807, 2.05) is 18.4 Å². The lowest BCUT2D eigenvalue weighted by Gasteiger charge is -2.07. The molecule has 4 heteroatoms. The number of aldehydes is 1. The van der Waals surface area contributed by atoms with Gasteiger partial charge in [0, 0.05) is 11.3 Å². The van der Waals surface area contributed by atoms with Crippen LogP contribution in [0.4, 0.5) is 0 Å². The predicted molar refractivity (Wildman–Crippen MR) is 63.1 cm³/mol. The Kier molecular flexibility index (Phi) is 2.75. The normalized spacial score (nSPS) is 9.94. The van der Waals surface area contributed by atoms with Crippen molar-refractivity contribution in [2.75, 3.05) is 0 Å². The number of aryl methyl sites for hydroxylation is 1. The van der Waals surface area contributed by atoms with Gasteiger partial charge in [0.15, 0.2) is 0 Å². The lowest BCUT2D eigenvalue weighted by atomic mass is 10.1. The van der Waals surface area contributed by atoms with Crippen molar-refractivity contribution in [3.05, 3.63) is 47.0 Å². The van der Waals surface area contributed by atoms with Crippen LogP contribution in [0.3, 0.4) is 0 Å². The highest BCUT2D eigenvalue weighted by molar-refractivity contribution is 5.76. The molecule has 4 nitrogen and oxygen atoms in total. The van der Waals surface area contributed by atoms with E-state index < -0.39 is 0 Å². The van der Waals surface area contributed by atoms with E-state index in [-0.39, 0.29) is 0 Å². The van der Waals surface area contributed by atoms with Crippen LogP contribution in [0.1, 0.15) is 27.3 Å². The molecule has 0 atom stereocenters. The monoisotopic (exact) mass is 225 g/mol. The van der Waals surface area contributed by atoms with E-state index in [2.05, 4.69) is 11.1 Å². The minimum Gasteiger partial charge on any atom is -0.302 e. The first kappa shape index (κ1) is 11.1. The van der Waals surface area contributed by atoms with Crippen molar-refractivity contribution in [1.29, 1.82) is 5.26 Å². The molecule has 0 spiro atoms. The van der Waals surface area contributed by atoms with Crippen LogP contribution >= 0.6 is 0 Å². The summed E-state index contributed by atoms with van der Waals surface area (Å²) in [6.07, 6.45) is 2.41. The van der Waals surface area contributed by atoms with Crippen LogP contribution in [0, 0.1) is 25.2 Å². The van der Waals surface area contributed by atoms with Gasteiger partial charge in [0.1, 0.15) is 12.4 Å². The van der Waals surface area contributed by atoms with E-state index in [4.69, 9.17) is 5.26 Å². The number of rotatable bonds is 2. The minimum absolute atomic E-state index is 0.468. The molecule has 2 rings (SSSR count). The van der Waals surface area contributed by atoms with Crippen LogP contribution in [0.2, 0.25) is 0 Å². The van der Waals surface area contributed by atoms with E-state index in [0.717, 1.165) is 23.4 Å². The zero-order valence-electron chi connectivity index (χ0n) is 9.64. The summed E-state index contributed by atoms with van der Waals surface area (Å²) in [5.41, 5.74) is 3.62. The summed E-state index contributed by atoms with van der Waals surface area (Å²) in [5, 5.41) is 9.10. The number of carbonyl (C=O) groups is 1. The van der Waals surface area contributed by atoms with Crippen LogP contribution < -0.4 is 0 Å². The molecule has 17 heavy (non-hydrogen) atoms. The molecule has 1 aromatic carbocycles. The average Bonchev–Trinajstić information content (AvgIpc) is 2.69. The highest BCUT2D eigenvalue weighted by Crippen LogP contribution is 2.18. The van der Waals surface area contributed by atoms with Crippen molar-refractivity contribution in [3.8, 4) is 11.8 Å². The third-order valence-corrected chi connectivity index (χ3v) is 2.79. The van der Waals surface area contributed by atoms with Gasteiger partial charge >= 0.3 is 0 Å². The molecule has 0 saturated carbocycles. The van der Waals surface area contributed by atoms with E-state index in [1.165, 1.54) is 0 Å². The first-order chi connectivity index (χ1) is 8.17. The second-order valence-electron chi connectivity index (χ2n) is 3.79. The maximum absolute atomic E-state index is 10.7. The largest absolute Gasteiger partial charge is 0.302 e. The standard InChI is InChI=1S/C13H11N3O/c1-9-10(2)16(8-15-9)13-4-3-11(7-17)5-12(13)6-14/h3-5,7-8H,1-2H3. The molecule has 1 aromatic heterocycles. The second-order valence-corrected chi connectivity index (χ2v) is 3.79. The zero-order valence-corrected chi connectivity index (χ0v) is 9.64. The van der Waals surface area contributed by atoms with Crippen LogP contribution in [-0.2, 0) is 0 Å². The van der Waals surface area contributed by atoms with Gasteiger partial charge in [-0.25, -0.2) is 4.98 Å². The van der Waals surface area contributed by atoms with Gasteiger partial charge in [0.05, 0.1) is 23.3 Å². The Morgan fingerprint density at radius 1 is 1.41 bits per heavy atom. The third kappa shape index (κ3) is 1.83. The molecule has 0 saturated heterocycles. The van der Waals surface area contributed by atoms with Gasteiger partial charge in [-0.2, -0.15) is 5.26 Å². The van der Waals surface area contributed by atoms with Gasteiger partial charge in [-0.05, 0) is 32.0 Å². The molecule has 0 unspecified atom stereocenters. The van der Waals surface area contributed by atoms with Crippen molar-refractivity contribution in [2.24, 2.45) is 0 Å². The molecule has 84 valence electrons. The maximum Gasteiger partial charge on any atom is 0.150 e. The Hall–Kier alpha value is -2.41. The molecule has 0 amide bonds. The highest BCUT2D eigenvalue weighted by Gasteiger charge is 2.09. The fourth-order valence-electron chi connectivity index (χ4n) is 1.67. The number of aromatic nitrogens is 2. The van der Waals surface area contributed by atoms with Crippen LogP contribution in [0.15, 0.2) is 24.5 Å². The number of hydrogen-bond donors (Lipinski definition) is 0. The Balaban J connectivity index is 2.64. The van der Waals surface area contributed by atoms with E-state index >= 15 is 0 Å². The first-order valence-corrected chi connectivity index (χ1v) is 5.17. The van der Waals surface area contributed by atoms with E-state index in [1.54, 1.807) is 24.5 Å². The molecule has 0 fully saturated rings. The number of carbonyl (C=O) groups excluding carboxylic acids is 1. The predicted octanol–water partition coefficient (Wildman–Crippen LogP) is 2.17. The number of nitriles is 1. The van der Waals surface area contributed by atoms with Gasteiger partial charge in [0.2, 0.25) is 0 Å². The smallest absolute Gasteiger partial charge is 0.150 e. The average molecular weight is 225 g/mol. The fourth-order valence-corrected chi connectivity index (χ4v) is 1.67. The van der Waals surface area contributed by atoms with Crippen LogP contribution in [-0.4, -0.2) is 15.8 Å². The summed E-state index contributed by atoms with van der Waals surface area (Å²) in [6, 6.07) is 7.13. The molecular weight excluding hydrogens is 214 g/mol. The third-order valence-electron chi connectivity index (χ3n) is 2.79. The maximum atomic E-state index is 10.7. The summed E-state index contributed by atoms with van der Waals surface area (Å²) in [5.74, 6) is 0. The number of imidazole rings is 1. The minimum atomic E-state index is 0.468. The zero-order chi connectivity index (χ0) is 12.4.